The van der Waals surface area contributed by atoms with Crippen LogP contribution in [0.25, 0.3) is 126 Å². The van der Waals surface area contributed by atoms with Crippen LogP contribution in [0.2, 0.25) is 0 Å². The quantitative estimate of drug-likeness (QED) is 0.147. The smallest absolute Gasteiger partial charge is 0.0547 e. The number of hydrogen-bond donors (Lipinski definition) is 0. The molecule has 13 aromatic rings. The van der Waals surface area contributed by atoms with Gasteiger partial charge in [-0.1, -0.05) is 224 Å². The average molecular weight is 824 g/mol. The largest absolute Gasteiger partial charge is 0.309 e. The van der Waals surface area contributed by atoms with Crippen molar-refractivity contribution >= 4 is 64.9 Å². The minimum absolute atomic E-state index is 1.13. The van der Waals surface area contributed by atoms with E-state index < -0.39 is 0 Å². The fourth-order valence-corrected chi connectivity index (χ4v) is 10.8. The van der Waals surface area contributed by atoms with Crippen molar-refractivity contribution in [2.45, 2.75) is 0 Å². The Morgan fingerprint density at radius 1 is 0.185 bits per heavy atom. The van der Waals surface area contributed by atoms with Crippen LogP contribution >= 0.6 is 0 Å². The number of fused-ring (bicyclic) bond motifs is 7. The Balaban J connectivity index is 1.11. The molecule has 0 aliphatic carbocycles. The lowest BCUT2D eigenvalue weighted by Crippen LogP contribution is -1.96. The van der Waals surface area contributed by atoms with Crippen molar-refractivity contribution in [3.63, 3.8) is 0 Å². The first-order valence-electron chi connectivity index (χ1n) is 22.5. The van der Waals surface area contributed by atoms with Crippen molar-refractivity contribution in [1.82, 2.24) is 4.57 Å². The van der Waals surface area contributed by atoms with Gasteiger partial charge in [-0.25, -0.2) is 0 Å². The molecule has 0 unspecified atom stereocenters. The summed E-state index contributed by atoms with van der Waals surface area (Å²) in [6.07, 6.45) is 0. The van der Waals surface area contributed by atoms with Gasteiger partial charge in [-0.15, -0.1) is 0 Å². The summed E-state index contributed by atoms with van der Waals surface area (Å²) in [5.41, 5.74) is 15.8. The van der Waals surface area contributed by atoms with E-state index >= 15 is 0 Å². The van der Waals surface area contributed by atoms with E-state index in [1.807, 2.05) is 0 Å². The Kier molecular flexibility index (Phi) is 8.60. The molecule has 1 heteroatoms. The first-order valence-corrected chi connectivity index (χ1v) is 22.5. The van der Waals surface area contributed by atoms with Gasteiger partial charge in [0, 0.05) is 16.5 Å². The van der Waals surface area contributed by atoms with Crippen molar-refractivity contribution in [1.29, 1.82) is 0 Å². The molecule has 0 radical (unpaired) electrons. The van der Waals surface area contributed by atoms with Crippen molar-refractivity contribution < 1.29 is 0 Å². The zero-order chi connectivity index (χ0) is 42.8. The molecule has 1 aromatic heterocycles. The van der Waals surface area contributed by atoms with Crippen LogP contribution < -0.4 is 0 Å². The second kappa shape index (κ2) is 15.1. The third-order valence-electron chi connectivity index (χ3n) is 13.5. The zero-order valence-corrected chi connectivity index (χ0v) is 35.6. The van der Waals surface area contributed by atoms with E-state index in [1.165, 1.54) is 121 Å². The molecule has 0 atom stereocenters. The highest BCUT2D eigenvalue weighted by atomic mass is 15.0. The van der Waals surface area contributed by atoms with E-state index in [2.05, 4.69) is 253 Å². The molecular weight excluding hydrogens is 783 g/mol. The number of aromatic nitrogens is 1. The molecule has 0 aliphatic heterocycles. The summed E-state index contributed by atoms with van der Waals surface area (Å²) >= 11 is 0. The monoisotopic (exact) mass is 823 g/mol. The van der Waals surface area contributed by atoms with Crippen LogP contribution in [0.15, 0.2) is 249 Å². The molecule has 13 rings (SSSR count). The number of hydrogen-bond acceptors (Lipinski definition) is 0. The fraction of sp³-hybridized carbons (Fsp3) is 0. The van der Waals surface area contributed by atoms with Gasteiger partial charge in [0.25, 0.3) is 0 Å². The predicted molar refractivity (Wildman–Crippen MR) is 278 cm³/mol. The second-order valence-corrected chi connectivity index (χ2v) is 17.1. The Morgan fingerprint density at radius 3 is 0.862 bits per heavy atom. The molecule has 0 N–H and O–H groups in total. The summed E-state index contributed by atoms with van der Waals surface area (Å²) in [6.45, 7) is 0. The van der Waals surface area contributed by atoms with E-state index in [4.69, 9.17) is 0 Å². The topological polar surface area (TPSA) is 4.93 Å². The SMILES string of the molecule is c1ccc(-c2cccc(-n3c4cc(-c5c6ccccc6c(-c6ccccc6)c6ccccc56)ccc4c4ccc(-c5c6ccccc6c(-c6ccccc6)c6ccccc56)cc43)c2)cc1. The Morgan fingerprint density at radius 2 is 0.492 bits per heavy atom. The first-order chi connectivity index (χ1) is 32.3. The van der Waals surface area contributed by atoms with Gasteiger partial charge in [-0.2, -0.15) is 0 Å². The fourth-order valence-electron chi connectivity index (χ4n) is 10.8. The summed E-state index contributed by atoms with van der Waals surface area (Å²) in [4.78, 5) is 0. The lowest BCUT2D eigenvalue weighted by molar-refractivity contribution is 1.18. The maximum atomic E-state index is 2.51. The molecule has 0 bridgehead atoms. The van der Waals surface area contributed by atoms with Crippen molar-refractivity contribution in [2.75, 3.05) is 0 Å². The van der Waals surface area contributed by atoms with Crippen molar-refractivity contribution in [2.24, 2.45) is 0 Å². The normalized spacial score (nSPS) is 11.7. The summed E-state index contributed by atoms with van der Waals surface area (Å²) in [5.74, 6) is 0. The van der Waals surface area contributed by atoms with Gasteiger partial charge in [0.05, 0.1) is 11.0 Å². The summed E-state index contributed by atoms with van der Waals surface area (Å²) < 4.78 is 2.51. The standard InChI is InChI=1S/C64H41N/c1-4-19-42(20-5-1)45-25-18-26-48(39-45)65-59-40-46(63-55-31-14-10-27-51(55)61(43-21-6-2-7-22-43)52-28-11-15-32-56(52)63)35-37-49(59)50-38-36-47(41-60(50)65)64-57-33-16-12-29-53(57)62(44-23-8-3-9-24-44)54-30-13-17-34-58(54)64/h1-41H. The summed E-state index contributed by atoms with van der Waals surface area (Å²) in [7, 11) is 0. The minimum atomic E-state index is 1.13. The van der Waals surface area contributed by atoms with Gasteiger partial charge in [0.1, 0.15) is 0 Å². The minimum Gasteiger partial charge on any atom is -0.309 e. The lowest BCUT2D eigenvalue weighted by Gasteiger charge is -2.18. The predicted octanol–water partition coefficient (Wildman–Crippen LogP) is 17.7. The Labute approximate surface area is 377 Å². The maximum Gasteiger partial charge on any atom is 0.0547 e. The van der Waals surface area contributed by atoms with E-state index in [1.54, 1.807) is 0 Å². The molecule has 1 nitrogen and oxygen atoms in total. The van der Waals surface area contributed by atoms with Crippen molar-refractivity contribution in [3.8, 4) is 61.3 Å². The van der Waals surface area contributed by atoms with Gasteiger partial charge in [-0.3, -0.25) is 0 Å². The molecule has 0 aliphatic rings. The van der Waals surface area contributed by atoms with Gasteiger partial charge in [0.15, 0.2) is 0 Å². The third kappa shape index (κ3) is 5.94. The first kappa shape index (κ1) is 37.1. The van der Waals surface area contributed by atoms with Gasteiger partial charge >= 0.3 is 0 Å². The molecule has 0 saturated heterocycles. The zero-order valence-electron chi connectivity index (χ0n) is 35.6. The molecule has 12 aromatic carbocycles. The average Bonchev–Trinajstić information content (AvgIpc) is 3.70. The van der Waals surface area contributed by atoms with Crippen LogP contribution in [0.1, 0.15) is 0 Å². The third-order valence-corrected chi connectivity index (χ3v) is 13.5. The molecule has 0 spiro atoms. The summed E-state index contributed by atoms with van der Waals surface area (Å²) in [5, 5.41) is 12.5. The van der Waals surface area contributed by atoms with Gasteiger partial charge in [-0.05, 0) is 123 Å². The highest BCUT2D eigenvalue weighted by Gasteiger charge is 2.22. The summed E-state index contributed by atoms with van der Waals surface area (Å²) in [6, 6.07) is 91.6. The molecule has 0 saturated carbocycles. The van der Waals surface area contributed by atoms with E-state index in [9.17, 15) is 0 Å². The highest BCUT2D eigenvalue weighted by molar-refractivity contribution is 6.24. The molecule has 0 fully saturated rings. The van der Waals surface area contributed by atoms with Crippen LogP contribution in [-0.2, 0) is 0 Å². The second-order valence-electron chi connectivity index (χ2n) is 17.1. The lowest BCUT2D eigenvalue weighted by atomic mass is 9.85. The molecule has 65 heavy (non-hydrogen) atoms. The van der Waals surface area contributed by atoms with E-state index in [-0.39, 0.29) is 0 Å². The van der Waals surface area contributed by atoms with Crippen LogP contribution in [0.4, 0.5) is 0 Å². The number of rotatable bonds is 6. The van der Waals surface area contributed by atoms with Crippen LogP contribution in [0, 0.1) is 0 Å². The number of benzene rings is 12. The van der Waals surface area contributed by atoms with E-state index in [0.717, 1.165) is 5.69 Å². The van der Waals surface area contributed by atoms with Crippen LogP contribution in [-0.4, -0.2) is 4.57 Å². The Hall–Kier alpha value is -8.52. The molecule has 302 valence electrons. The van der Waals surface area contributed by atoms with Crippen LogP contribution in [0.3, 0.4) is 0 Å². The molecular formula is C64H41N. The maximum absolute atomic E-state index is 2.51. The van der Waals surface area contributed by atoms with E-state index in [0.29, 0.717) is 0 Å². The molecule has 1 heterocycles. The number of nitrogens with zero attached hydrogens (tertiary/aromatic N) is 1. The van der Waals surface area contributed by atoms with Crippen LogP contribution in [0.5, 0.6) is 0 Å². The van der Waals surface area contributed by atoms with Gasteiger partial charge in [0.2, 0.25) is 0 Å². The highest BCUT2D eigenvalue weighted by Crippen LogP contribution is 2.47. The Bertz CT molecular complexity index is 3640. The molecule has 0 amide bonds. The van der Waals surface area contributed by atoms with Crippen molar-refractivity contribution in [3.05, 3.63) is 249 Å². The van der Waals surface area contributed by atoms with Gasteiger partial charge < -0.3 is 4.57 Å².